The average molecular weight is 228 g/mol. The summed E-state index contributed by atoms with van der Waals surface area (Å²) >= 11 is 11.8. The Morgan fingerprint density at radius 1 is 1.29 bits per heavy atom. The van der Waals surface area contributed by atoms with Crippen molar-refractivity contribution in [3.63, 3.8) is 0 Å². The van der Waals surface area contributed by atoms with Crippen LogP contribution in [0.15, 0.2) is 30.6 Å². The Morgan fingerprint density at radius 2 is 2.14 bits per heavy atom. The fourth-order valence-electron chi connectivity index (χ4n) is 1.05. The molecule has 0 radical (unpaired) electrons. The summed E-state index contributed by atoms with van der Waals surface area (Å²) in [5.41, 5.74) is 0.731. The summed E-state index contributed by atoms with van der Waals surface area (Å²) in [5.74, 6) is 0.633. The highest BCUT2D eigenvalue weighted by Gasteiger charge is 2.02. The van der Waals surface area contributed by atoms with Crippen molar-refractivity contribution in [2.45, 2.75) is 0 Å². The SMILES string of the molecule is Clc1ccc(Cl)c(Nc2ncc[nH]2)c1. The van der Waals surface area contributed by atoms with Gasteiger partial charge in [0.1, 0.15) is 0 Å². The molecule has 0 aliphatic carbocycles. The molecule has 0 saturated carbocycles. The van der Waals surface area contributed by atoms with Crippen molar-refractivity contribution in [1.29, 1.82) is 0 Å². The van der Waals surface area contributed by atoms with Gasteiger partial charge in [0.05, 0.1) is 10.7 Å². The van der Waals surface area contributed by atoms with Gasteiger partial charge in [-0.3, -0.25) is 0 Å². The molecule has 1 aromatic heterocycles. The summed E-state index contributed by atoms with van der Waals surface area (Å²) in [4.78, 5) is 6.92. The Balaban J connectivity index is 2.28. The summed E-state index contributed by atoms with van der Waals surface area (Å²) < 4.78 is 0. The molecule has 1 aromatic carbocycles. The number of nitrogens with zero attached hydrogens (tertiary/aromatic N) is 1. The predicted octanol–water partition coefficient (Wildman–Crippen LogP) is 3.46. The first-order chi connectivity index (χ1) is 6.75. The minimum absolute atomic E-state index is 0.603. The molecule has 0 aliphatic heterocycles. The van der Waals surface area contributed by atoms with E-state index in [0.717, 1.165) is 5.69 Å². The third-order valence-corrected chi connectivity index (χ3v) is 2.24. The zero-order valence-electron chi connectivity index (χ0n) is 7.09. The highest BCUT2D eigenvalue weighted by molar-refractivity contribution is 6.35. The molecule has 0 fully saturated rings. The highest BCUT2D eigenvalue weighted by Crippen LogP contribution is 2.27. The van der Waals surface area contributed by atoms with Gasteiger partial charge in [-0.25, -0.2) is 4.98 Å². The lowest BCUT2D eigenvalue weighted by molar-refractivity contribution is 1.29. The molecule has 0 bridgehead atoms. The average Bonchev–Trinajstić information content (AvgIpc) is 2.64. The fourth-order valence-corrected chi connectivity index (χ4v) is 1.39. The van der Waals surface area contributed by atoms with Crippen LogP contribution >= 0.6 is 23.2 Å². The first-order valence-corrected chi connectivity index (χ1v) is 4.73. The van der Waals surface area contributed by atoms with Gasteiger partial charge >= 0.3 is 0 Å². The van der Waals surface area contributed by atoms with E-state index in [1.54, 1.807) is 30.6 Å². The molecule has 5 heteroatoms. The van der Waals surface area contributed by atoms with Crippen molar-refractivity contribution >= 4 is 34.8 Å². The van der Waals surface area contributed by atoms with E-state index in [1.165, 1.54) is 0 Å². The van der Waals surface area contributed by atoms with Gasteiger partial charge in [-0.1, -0.05) is 23.2 Å². The van der Waals surface area contributed by atoms with Gasteiger partial charge in [-0.15, -0.1) is 0 Å². The number of halogens is 2. The number of aromatic amines is 1. The number of hydrogen-bond acceptors (Lipinski definition) is 2. The van der Waals surface area contributed by atoms with Crippen molar-refractivity contribution in [1.82, 2.24) is 9.97 Å². The molecular formula is C9H7Cl2N3. The molecule has 0 saturated heterocycles. The van der Waals surface area contributed by atoms with Crippen LogP contribution in [0, 0.1) is 0 Å². The number of hydrogen-bond donors (Lipinski definition) is 2. The van der Waals surface area contributed by atoms with Gasteiger partial charge in [-0.2, -0.15) is 0 Å². The van der Waals surface area contributed by atoms with Crippen molar-refractivity contribution in [2.75, 3.05) is 5.32 Å². The molecular weight excluding hydrogens is 221 g/mol. The van der Waals surface area contributed by atoms with Crippen molar-refractivity contribution in [2.24, 2.45) is 0 Å². The van der Waals surface area contributed by atoms with Gasteiger partial charge in [0.25, 0.3) is 0 Å². The lowest BCUT2D eigenvalue weighted by Crippen LogP contribution is -1.92. The van der Waals surface area contributed by atoms with Crippen LogP contribution in [0.5, 0.6) is 0 Å². The molecule has 0 unspecified atom stereocenters. The minimum Gasteiger partial charge on any atom is -0.331 e. The topological polar surface area (TPSA) is 40.7 Å². The number of anilines is 2. The molecule has 1 heterocycles. The zero-order chi connectivity index (χ0) is 9.97. The minimum atomic E-state index is 0.603. The number of aromatic nitrogens is 2. The molecule has 2 N–H and O–H groups in total. The summed E-state index contributed by atoms with van der Waals surface area (Å²) in [6.07, 6.45) is 3.38. The molecule has 0 atom stereocenters. The monoisotopic (exact) mass is 227 g/mol. The van der Waals surface area contributed by atoms with Crippen LogP contribution < -0.4 is 5.32 Å². The summed E-state index contributed by atoms with van der Waals surface area (Å²) in [6.45, 7) is 0. The van der Waals surface area contributed by atoms with E-state index in [0.29, 0.717) is 16.0 Å². The number of nitrogens with one attached hydrogen (secondary N) is 2. The standard InChI is InChI=1S/C9H7Cl2N3/c10-6-1-2-7(11)8(5-6)14-9-12-3-4-13-9/h1-5H,(H2,12,13,14). The Bertz CT molecular complexity index is 426. The van der Waals surface area contributed by atoms with Gasteiger partial charge in [-0.05, 0) is 18.2 Å². The molecule has 3 nitrogen and oxygen atoms in total. The second kappa shape index (κ2) is 3.90. The Labute approximate surface area is 91.1 Å². The third-order valence-electron chi connectivity index (χ3n) is 1.68. The maximum absolute atomic E-state index is 5.95. The predicted molar refractivity (Wildman–Crippen MR) is 58.3 cm³/mol. The molecule has 14 heavy (non-hydrogen) atoms. The molecule has 72 valence electrons. The van der Waals surface area contributed by atoms with E-state index < -0.39 is 0 Å². The van der Waals surface area contributed by atoms with Crippen LogP contribution in [0.1, 0.15) is 0 Å². The van der Waals surface area contributed by atoms with Gasteiger partial charge in [0.2, 0.25) is 5.95 Å². The summed E-state index contributed by atoms with van der Waals surface area (Å²) in [7, 11) is 0. The van der Waals surface area contributed by atoms with Gasteiger partial charge in [0, 0.05) is 17.4 Å². The van der Waals surface area contributed by atoms with Crippen molar-refractivity contribution in [3.05, 3.63) is 40.6 Å². The molecule has 0 aliphatic rings. The smallest absolute Gasteiger partial charge is 0.204 e. The van der Waals surface area contributed by atoms with Gasteiger partial charge < -0.3 is 10.3 Å². The van der Waals surface area contributed by atoms with E-state index in [9.17, 15) is 0 Å². The van der Waals surface area contributed by atoms with E-state index in [4.69, 9.17) is 23.2 Å². The maximum atomic E-state index is 5.95. The second-order valence-electron chi connectivity index (χ2n) is 2.69. The molecule has 0 amide bonds. The van der Waals surface area contributed by atoms with Crippen LogP contribution in [0.4, 0.5) is 11.6 Å². The normalized spacial score (nSPS) is 10.1. The Hall–Kier alpha value is -1.19. The van der Waals surface area contributed by atoms with Crippen LogP contribution in [0.25, 0.3) is 0 Å². The fraction of sp³-hybridized carbons (Fsp3) is 0. The first-order valence-electron chi connectivity index (χ1n) is 3.97. The van der Waals surface area contributed by atoms with Crippen molar-refractivity contribution < 1.29 is 0 Å². The van der Waals surface area contributed by atoms with Gasteiger partial charge in [0.15, 0.2) is 0 Å². The Morgan fingerprint density at radius 3 is 2.86 bits per heavy atom. The largest absolute Gasteiger partial charge is 0.331 e. The van der Waals surface area contributed by atoms with E-state index in [-0.39, 0.29) is 0 Å². The molecule has 2 rings (SSSR count). The summed E-state index contributed by atoms with van der Waals surface area (Å²) in [6, 6.07) is 5.21. The van der Waals surface area contributed by atoms with E-state index in [1.807, 2.05) is 0 Å². The number of benzene rings is 1. The quantitative estimate of drug-likeness (QED) is 0.826. The molecule has 2 aromatic rings. The molecule has 0 spiro atoms. The lowest BCUT2D eigenvalue weighted by Gasteiger charge is -2.05. The van der Waals surface area contributed by atoms with E-state index >= 15 is 0 Å². The zero-order valence-corrected chi connectivity index (χ0v) is 8.60. The highest BCUT2D eigenvalue weighted by atomic mass is 35.5. The summed E-state index contributed by atoms with van der Waals surface area (Å²) in [5, 5.41) is 4.24. The second-order valence-corrected chi connectivity index (χ2v) is 3.53. The van der Waals surface area contributed by atoms with E-state index in [2.05, 4.69) is 15.3 Å². The van der Waals surface area contributed by atoms with Crippen LogP contribution in [-0.4, -0.2) is 9.97 Å². The van der Waals surface area contributed by atoms with Crippen LogP contribution in [0.2, 0.25) is 10.0 Å². The third kappa shape index (κ3) is 2.00. The lowest BCUT2D eigenvalue weighted by atomic mass is 10.3. The number of H-pyrrole nitrogens is 1. The van der Waals surface area contributed by atoms with Crippen LogP contribution in [0.3, 0.4) is 0 Å². The number of imidazole rings is 1. The van der Waals surface area contributed by atoms with Crippen molar-refractivity contribution in [3.8, 4) is 0 Å². The number of rotatable bonds is 2. The Kier molecular flexibility index (Phi) is 2.61. The first kappa shape index (κ1) is 9.37. The van der Waals surface area contributed by atoms with Crippen LogP contribution in [-0.2, 0) is 0 Å². The maximum Gasteiger partial charge on any atom is 0.204 e.